The van der Waals surface area contributed by atoms with E-state index < -0.39 is 34.1 Å². The molecule has 0 saturated carbocycles. The van der Waals surface area contributed by atoms with Crippen LogP contribution < -0.4 is 15.4 Å². The minimum Gasteiger partial charge on any atom is -0.497 e. The first-order valence-corrected chi connectivity index (χ1v) is 16.5. The van der Waals surface area contributed by atoms with Gasteiger partial charge in [0.2, 0.25) is 21.8 Å². The predicted molar refractivity (Wildman–Crippen MR) is 167 cm³/mol. The number of carbonyl (C=O) groups excluding carboxylic acids is 2. The van der Waals surface area contributed by atoms with Crippen molar-refractivity contribution in [3.8, 4) is 5.75 Å². The summed E-state index contributed by atoms with van der Waals surface area (Å²) < 4.78 is 33.8. The summed E-state index contributed by atoms with van der Waals surface area (Å²) >= 11 is 0. The molecule has 11 heteroatoms. The minimum absolute atomic E-state index is 0.0153. The van der Waals surface area contributed by atoms with Crippen LogP contribution in [0.2, 0.25) is 0 Å². The first kappa shape index (κ1) is 34.5. The van der Waals surface area contributed by atoms with E-state index in [0.717, 1.165) is 31.5 Å². The molecule has 1 aliphatic heterocycles. The maximum absolute atomic E-state index is 13.7. The predicted octanol–water partition coefficient (Wildman–Crippen LogP) is 2.67. The highest BCUT2D eigenvalue weighted by Crippen LogP contribution is 2.22. The van der Waals surface area contributed by atoms with E-state index in [1.54, 1.807) is 12.1 Å². The van der Waals surface area contributed by atoms with Gasteiger partial charge in [0.05, 0.1) is 30.7 Å². The van der Waals surface area contributed by atoms with E-state index >= 15 is 0 Å². The number of carbonyl (C=O) groups is 2. The zero-order valence-electron chi connectivity index (χ0n) is 26.0. The minimum atomic E-state index is -3.96. The third kappa shape index (κ3) is 10.3. The molecule has 0 aliphatic carbocycles. The molecule has 10 nitrogen and oxygen atoms in total. The van der Waals surface area contributed by atoms with Gasteiger partial charge in [-0.05, 0) is 74.0 Å². The molecular formula is C32H48N4O6S. The Hall–Kier alpha value is -2.99. The third-order valence-corrected chi connectivity index (χ3v) is 9.42. The van der Waals surface area contributed by atoms with Crippen molar-refractivity contribution in [2.24, 2.45) is 11.8 Å². The number of hydrogen-bond acceptors (Lipinski definition) is 7. The summed E-state index contributed by atoms with van der Waals surface area (Å²) in [6, 6.07) is 13.9. The van der Waals surface area contributed by atoms with Gasteiger partial charge < -0.3 is 20.5 Å². The van der Waals surface area contributed by atoms with Crippen LogP contribution >= 0.6 is 0 Å². The number of aliphatic hydroxyl groups is 1. The normalized spacial score (nSPS) is 16.3. The fraction of sp³-hybridized carbons (Fsp3) is 0.562. The fourth-order valence-corrected chi connectivity index (χ4v) is 6.85. The summed E-state index contributed by atoms with van der Waals surface area (Å²) in [5.74, 6) is -0.321. The van der Waals surface area contributed by atoms with Gasteiger partial charge in [0.1, 0.15) is 11.8 Å². The topological polar surface area (TPSA) is 128 Å². The summed E-state index contributed by atoms with van der Waals surface area (Å²) in [7, 11) is -2.46. The molecule has 43 heavy (non-hydrogen) atoms. The lowest BCUT2D eigenvalue weighted by Gasteiger charge is -2.32. The number of sulfonamides is 1. The van der Waals surface area contributed by atoms with E-state index in [9.17, 15) is 23.1 Å². The van der Waals surface area contributed by atoms with Crippen LogP contribution in [0.25, 0.3) is 0 Å². The number of benzene rings is 2. The van der Waals surface area contributed by atoms with Gasteiger partial charge in [-0.15, -0.1) is 0 Å². The molecule has 1 aliphatic rings. The van der Waals surface area contributed by atoms with Gasteiger partial charge in [-0.25, -0.2) is 8.42 Å². The van der Waals surface area contributed by atoms with Crippen molar-refractivity contribution in [1.29, 1.82) is 0 Å². The summed E-state index contributed by atoms with van der Waals surface area (Å²) in [4.78, 5) is 28.6. The molecule has 1 heterocycles. The van der Waals surface area contributed by atoms with Gasteiger partial charge >= 0.3 is 0 Å². The van der Waals surface area contributed by atoms with Gasteiger partial charge in [-0.3, -0.25) is 14.5 Å². The van der Waals surface area contributed by atoms with E-state index in [1.165, 1.54) is 23.5 Å². The second kappa shape index (κ2) is 16.2. The molecule has 3 N–H and O–H groups in total. The van der Waals surface area contributed by atoms with Gasteiger partial charge in [-0.1, -0.05) is 58.0 Å². The standard InChI is InChI=1S/C32H48N4O6S/c1-23(2)20-36(43(40,41)27-15-13-26(42-5)14-16-27)21-29(37)28(19-25-11-7-6-8-12-25)33-32(39)31(24(3)4)34-30(38)22-35-17-9-10-18-35/h6-8,11-16,23-24,28-29,31,37H,9-10,17-22H2,1-5H3,(H,33,39)(H,34,38)/t28-,29+,31-/m0/s1. The maximum atomic E-state index is 13.7. The van der Waals surface area contributed by atoms with Crippen molar-refractivity contribution in [2.75, 3.05) is 39.8 Å². The molecule has 0 spiro atoms. The number of amides is 2. The van der Waals surface area contributed by atoms with Crippen LogP contribution in [0, 0.1) is 11.8 Å². The van der Waals surface area contributed by atoms with Crippen molar-refractivity contribution in [3.05, 3.63) is 60.2 Å². The van der Waals surface area contributed by atoms with E-state index in [2.05, 4.69) is 15.5 Å². The van der Waals surface area contributed by atoms with E-state index in [1.807, 2.05) is 58.0 Å². The number of likely N-dealkylation sites (tertiary alicyclic amines) is 1. The number of nitrogens with one attached hydrogen (secondary N) is 2. The highest BCUT2D eigenvalue weighted by atomic mass is 32.2. The molecule has 0 radical (unpaired) electrons. The Morgan fingerprint density at radius 3 is 2.14 bits per heavy atom. The van der Waals surface area contributed by atoms with Crippen LogP contribution in [0.15, 0.2) is 59.5 Å². The van der Waals surface area contributed by atoms with Crippen molar-refractivity contribution in [3.63, 3.8) is 0 Å². The monoisotopic (exact) mass is 616 g/mol. The molecule has 1 fully saturated rings. The second-order valence-electron chi connectivity index (χ2n) is 12.0. The van der Waals surface area contributed by atoms with Crippen molar-refractivity contribution in [1.82, 2.24) is 19.8 Å². The highest BCUT2D eigenvalue weighted by molar-refractivity contribution is 7.89. The van der Waals surface area contributed by atoms with Crippen LogP contribution in [0.1, 0.15) is 46.1 Å². The number of aliphatic hydroxyl groups excluding tert-OH is 1. The van der Waals surface area contributed by atoms with Gasteiger partial charge in [0.25, 0.3) is 0 Å². The number of hydrogen-bond donors (Lipinski definition) is 3. The molecule has 2 aromatic rings. The third-order valence-electron chi connectivity index (χ3n) is 7.58. The Bertz CT molecular complexity index is 1260. The quantitative estimate of drug-likeness (QED) is 0.265. The van der Waals surface area contributed by atoms with E-state index in [0.29, 0.717) is 5.75 Å². The van der Waals surface area contributed by atoms with Crippen LogP contribution in [-0.2, 0) is 26.0 Å². The lowest BCUT2D eigenvalue weighted by atomic mass is 9.98. The Labute approximate surface area is 256 Å². The molecule has 1 saturated heterocycles. The maximum Gasteiger partial charge on any atom is 0.243 e. The first-order chi connectivity index (χ1) is 20.4. The molecule has 3 rings (SSSR count). The lowest BCUT2D eigenvalue weighted by molar-refractivity contribution is -0.131. The number of methoxy groups -OCH3 is 1. The Balaban J connectivity index is 1.82. The zero-order valence-corrected chi connectivity index (χ0v) is 26.8. The Morgan fingerprint density at radius 1 is 0.953 bits per heavy atom. The average Bonchev–Trinajstić information content (AvgIpc) is 3.48. The number of nitrogens with zero attached hydrogens (tertiary/aromatic N) is 2. The van der Waals surface area contributed by atoms with Crippen LogP contribution in [-0.4, -0.2) is 92.6 Å². The largest absolute Gasteiger partial charge is 0.497 e. The van der Waals surface area contributed by atoms with Crippen molar-refractivity contribution < 1.29 is 27.9 Å². The highest BCUT2D eigenvalue weighted by Gasteiger charge is 2.33. The summed E-state index contributed by atoms with van der Waals surface area (Å²) in [5.41, 5.74) is 0.874. The summed E-state index contributed by atoms with van der Waals surface area (Å²) in [6.07, 6.45) is 1.16. The SMILES string of the molecule is COc1ccc(S(=O)(=O)N(CC(C)C)C[C@@H](O)[C@H](Cc2ccccc2)NC(=O)[C@@H](NC(=O)CN2CCCC2)C(C)C)cc1. The van der Waals surface area contributed by atoms with Crippen LogP contribution in [0.5, 0.6) is 5.75 Å². The molecule has 2 aromatic carbocycles. The first-order valence-electron chi connectivity index (χ1n) is 15.1. The molecule has 3 atom stereocenters. The summed E-state index contributed by atoms with van der Waals surface area (Å²) in [5, 5.41) is 17.4. The smallest absolute Gasteiger partial charge is 0.243 e. The van der Waals surface area contributed by atoms with Gasteiger partial charge in [-0.2, -0.15) is 4.31 Å². The molecular weight excluding hydrogens is 568 g/mol. The average molecular weight is 617 g/mol. The fourth-order valence-electron chi connectivity index (χ4n) is 5.23. The van der Waals surface area contributed by atoms with E-state index in [4.69, 9.17) is 4.74 Å². The number of ether oxygens (including phenoxy) is 1. The molecule has 238 valence electrons. The van der Waals surface area contributed by atoms with Crippen molar-refractivity contribution >= 4 is 21.8 Å². The van der Waals surface area contributed by atoms with Gasteiger partial charge in [0.15, 0.2) is 0 Å². The van der Waals surface area contributed by atoms with Crippen molar-refractivity contribution in [2.45, 2.75) is 70.0 Å². The van der Waals surface area contributed by atoms with Crippen LogP contribution in [0.3, 0.4) is 0 Å². The molecule has 0 aromatic heterocycles. The molecule has 2 amide bonds. The van der Waals surface area contributed by atoms with Crippen LogP contribution in [0.4, 0.5) is 0 Å². The summed E-state index contributed by atoms with van der Waals surface area (Å²) in [6.45, 7) is 9.45. The second-order valence-corrected chi connectivity index (χ2v) is 14.0. The number of rotatable bonds is 16. The molecule has 0 bridgehead atoms. The lowest BCUT2D eigenvalue weighted by Crippen LogP contribution is -2.57. The van der Waals surface area contributed by atoms with E-state index in [-0.39, 0.29) is 48.7 Å². The molecule has 0 unspecified atom stereocenters. The Kier molecular flexibility index (Phi) is 13.0. The van der Waals surface area contributed by atoms with Gasteiger partial charge in [0, 0.05) is 13.1 Å². The Morgan fingerprint density at radius 2 is 1.58 bits per heavy atom. The zero-order chi connectivity index (χ0) is 31.6.